The monoisotopic (exact) mass is 221 g/mol. The van der Waals surface area contributed by atoms with Gasteiger partial charge in [-0.05, 0) is 6.42 Å². The predicted molar refractivity (Wildman–Crippen MR) is 54.2 cm³/mol. The molecule has 0 aliphatic heterocycles. The average Bonchev–Trinajstić information content (AvgIpc) is 2.47. The van der Waals surface area contributed by atoms with Crippen LogP contribution in [0.2, 0.25) is 0 Å². The summed E-state index contributed by atoms with van der Waals surface area (Å²) in [4.78, 5) is 24.9. The second-order valence-electron chi connectivity index (χ2n) is 2.89. The molecule has 6 heteroatoms. The van der Waals surface area contributed by atoms with Crippen LogP contribution in [-0.4, -0.2) is 19.7 Å². The quantitative estimate of drug-likeness (QED) is 0.440. The van der Waals surface area contributed by atoms with Gasteiger partial charge in [0.2, 0.25) is 0 Å². The molecule has 0 radical (unpaired) electrons. The Morgan fingerprint density at radius 2 is 2.00 bits per heavy atom. The van der Waals surface area contributed by atoms with Gasteiger partial charge in [-0.3, -0.25) is 0 Å². The summed E-state index contributed by atoms with van der Waals surface area (Å²) in [6.07, 6.45) is 7.73. The maximum absolute atomic E-state index is 7.23. The Hall–Kier alpha value is -0.480. The molecule has 0 bridgehead atoms. The number of aromatic nitrogens is 2. The van der Waals surface area contributed by atoms with Crippen LogP contribution in [0.5, 0.6) is 0 Å². The normalized spacial score (nSPS) is 9.86. The third-order valence-corrected chi connectivity index (χ3v) is 1.74. The second-order valence-corrected chi connectivity index (χ2v) is 3.43. The SMILES string of the molecule is CCCCc1[nH]cc[n+]1C.OP(O)O. The van der Waals surface area contributed by atoms with Crippen molar-refractivity contribution in [2.75, 3.05) is 0 Å². The number of aryl methyl sites for hydroxylation is 2. The fraction of sp³-hybridized carbons (Fsp3) is 0.625. The Labute approximate surface area is 85.0 Å². The van der Waals surface area contributed by atoms with Crippen molar-refractivity contribution in [3.63, 3.8) is 0 Å². The molecule has 82 valence electrons. The van der Waals surface area contributed by atoms with Crippen LogP contribution in [-0.2, 0) is 13.5 Å². The number of imidazole rings is 1. The molecule has 0 aliphatic carbocycles. The summed E-state index contributed by atoms with van der Waals surface area (Å²) >= 11 is 0. The highest BCUT2D eigenvalue weighted by Crippen LogP contribution is 2.11. The van der Waals surface area contributed by atoms with E-state index in [0.717, 1.165) is 0 Å². The van der Waals surface area contributed by atoms with Crippen molar-refractivity contribution in [1.82, 2.24) is 4.98 Å². The van der Waals surface area contributed by atoms with Gasteiger partial charge in [0.1, 0.15) is 12.4 Å². The van der Waals surface area contributed by atoms with E-state index in [2.05, 4.69) is 23.5 Å². The first-order valence-corrected chi connectivity index (χ1v) is 5.66. The van der Waals surface area contributed by atoms with Crippen LogP contribution in [0, 0.1) is 0 Å². The first-order chi connectivity index (χ1) is 6.57. The van der Waals surface area contributed by atoms with E-state index in [-0.39, 0.29) is 0 Å². The lowest BCUT2D eigenvalue weighted by molar-refractivity contribution is -0.677. The van der Waals surface area contributed by atoms with Crippen molar-refractivity contribution in [2.45, 2.75) is 26.2 Å². The van der Waals surface area contributed by atoms with Crippen LogP contribution >= 0.6 is 8.60 Å². The van der Waals surface area contributed by atoms with Gasteiger partial charge in [-0.15, -0.1) is 0 Å². The maximum Gasteiger partial charge on any atom is 0.324 e. The van der Waals surface area contributed by atoms with Crippen molar-refractivity contribution in [3.8, 4) is 0 Å². The standard InChI is InChI=1S/C8H14N2.H3O3P/c1-3-4-5-8-9-6-7-10(8)2;1-4(2)3/h6-7H,3-5H2,1-2H3;1-3H/p+1. The summed E-state index contributed by atoms with van der Waals surface area (Å²) in [5.41, 5.74) is 0. The highest BCUT2D eigenvalue weighted by atomic mass is 31.2. The van der Waals surface area contributed by atoms with E-state index in [0.29, 0.717) is 0 Å². The Morgan fingerprint density at radius 3 is 2.36 bits per heavy atom. The van der Waals surface area contributed by atoms with Gasteiger partial charge in [-0.2, -0.15) is 0 Å². The van der Waals surface area contributed by atoms with Crippen LogP contribution in [0.1, 0.15) is 25.6 Å². The Bertz CT molecular complexity index is 237. The van der Waals surface area contributed by atoms with Gasteiger partial charge >= 0.3 is 8.60 Å². The zero-order valence-corrected chi connectivity index (χ0v) is 9.41. The number of hydrogen-bond acceptors (Lipinski definition) is 3. The number of nitrogens with one attached hydrogen (secondary N) is 1. The minimum Gasteiger partial charge on any atom is -0.328 e. The molecule has 0 aliphatic rings. The smallest absolute Gasteiger partial charge is 0.324 e. The first-order valence-electron chi connectivity index (χ1n) is 4.46. The number of nitrogens with zero attached hydrogens (tertiary/aromatic N) is 1. The number of hydrogen-bond donors (Lipinski definition) is 4. The predicted octanol–water partition coefficient (Wildman–Crippen LogP) is 0.372. The summed E-state index contributed by atoms with van der Waals surface area (Å²) < 4.78 is 2.13. The molecular formula is C8H18N2O3P+. The molecule has 4 N–H and O–H groups in total. The van der Waals surface area contributed by atoms with Gasteiger partial charge in [-0.25, -0.2) is 9.55 Å². The van der Waals surface area contributed by atoms with Crippen LogP contribution in [0.4, 0.5) is 0 Å². The molecule has 1 aromatic heterocycles. The van der Waals surface area contributed by atoms with Crippen molar-refractivity contribution < 1.29 is 19.2 Å². The molecule has 0 amide bonds. The highest BCUT2D eigenvalue weighted by Gasteiger charge is 2.03. The third kappa shape index (κ3) is 6.97. The highest BCUT2D eigenvalue weighted by molar-refractivity contribution is 7.38. The fourth-order valence-corrected chi connectivity index (χ4v) is 1.03. The zero-order chi connectivity index (χ0) is 11.0. The van der Waals surface area contributed by atoms with E-state index in [1.165, 1.54) is 25.1 Å². The maximum atomic E-state index is 7.23. The van der Waals surface area contributed by atoms with E-state index in [4.69, 9.17) is 14.7 Å². The van der Waals surface area contributed by atoms with Crippen molar-refractivity contribution in [3.05, 3.63) is 18.2 Å². The molecule has 0 aromatic carbocycles. The third-order valence-electron chi connectivity index (χ3n) is 1.74. The van der Waals surface area contributed by atoms with Crippen LogP contribution in [0.25, 0.3) is 0 Å². The Morgan fingerprint density at radius 1 is 1.43 bits per heavy atom. The van der Waals surface area contributed by atoms with E-state index in [9.17, 15) is 0 Å². The van der Waals surface area contributed by atoms with Gasteiger partial charge in [0.05, 0.1) is 7.05 Å². The molecule has 0 saturated heterocycles. The van der Waals surface area contributed by atoms with Crippen LogP contribution in [0.3, 0.4) is 0 Å². The summed E-state index contributed by atoms with van der Waals surface area (Å²) in [5.74, 6) is 1.32. The Kier molecular flexibility index (Phi) is 7.61. The van der Waals surface area contributed by atoms with Crippen LogP contribution < -0.4 is 4.57 Å². The molecule has 14 heavy (non-hydrogen) atoms. The number of H-pyrrole nitrogens is 1. The molecule has 0 fully saturated rings. The summed E-state index contributed by atoms with van der Waals surface area (Å²) in [5, 5.41) is 0. The van der Waals surface area contributed by atoms with Gasteiger partial charge < -0.3 is 14.7 Å². The second kappa shape index (κ2) is 7.88. The van der Waals surface area contributed by atoms with Crippen molar-refractivity contribution in [1.29, 1.82) is 0 Å². The molecule has 0 atom stereocenters. The molecule has 1 heterocycles. The van der Waals surface area contributed by atoms with Gasteiger partial charge in [-0.1, -0.05) is 13.3 Å². The molecule has 0 spiro atoms. The molecule has 1 aromatic rings. The van der Waals surface area contributed by atoms with Crippen LogP contribution in [0.15, 0.2) is 12.4 Å². The molecule has 1 rings (SSSR count). The summed E-state index contributed by atoms with van der Waals surface area (Å²) in [6, 6.07) is 0. The molecular weight excluding hydrogens is 203 g/mol. The number of rotatable bonds is 3. The number of unbranched alkanes of at least 4 members (excludes halogenated alkanes) is 1. The Balaban J connectivity index is 0.000000364. The first kappa shape index (κ1) is 13.5. The zero-order valence-electron chi connectivity index (χ0n) is 8.51. The van der Waals surface area contributed by atoms with E-state index >= 15 is 0 Å². The van der Waals surface area contributed by atoms with Crippen molar-refractivity contribution >= 4 is 8.60 Å². The lowest BCUT2D eigenvalue weighted by Gasteiger charge is -1.91. The summed E-state index contributed by atoms with van der Waals surface area (Å²) in [6.45, 7) is 2.21. The lowest BCUT2D eigenvalue weighted by Crippen LogP contribution is -2.30. The molecule has 5 nitrogen and oxygen atoms in total. The molecule has 0 unspecified atom stereocenters. The fourth-order valence-electron chi connectivity index (χ4n) is 1.03. The number of aromatic amines is 1. The van der Waals surface area contributed by atoms with Crippen molar-refractivity contribution in [2.24, 2.45) is 7.05 Å². The van der Waals surface area contributed by atoms with E-state index in [1.807, 2.05) is 12.4 Å². The van der Waals surface area contributed by atoms with Gasteiger partial charge in [0, 0.05) is 6.42 Å². The van der Waals surface area contributed by atoms with E-state index in [1.54, 1.807) is 0 Å². The minimum atomic E-state index is -2.62. The largest absolute Gasteiger partial charge is 0.328 e. The molecule has 0 saturated carbocycles. The van der Waals surface area contributed by atoms with Gasteiger partial charge in [0.15, 0.2) is 0 Å². The van der Waals surface area contributed by atoms with E-state index < -0.39 is 8.60 Å². The summed E-state index contributed by atoms with van der Waals surface area (Å²) in [7, 11) is -0.549. The topological polar surface area (TPSA) is 80.4 Å². The lowest BCUT2D eigenvalue weighted by atomic mass is 10.2. The average molecular weight is 221 g/mol. The minimum absolute atomic E-state index is 1.17. The van der Waals surface area contributed by atoms with Gasteiger partial charge in [0.25, 0.3) is 5.82 Å².